The second-order valence-electron chi connectivity index (χ2n) is 6.30. The third-order valence-electron chi connectivity index (χ3n) is 4.65. The molecule has 122 valence electrons. The molecule has 0 spiro atoms. The number of hydrogen-bond acceptors (Lipinski definition) is 3. The fourth-order valence-corrected chi connectivity index (χ4v) is 3.04. The van der Waals surface area contributed by atoms with E-state index in [1.807, 2.05) is 25.1 Å². The second kappa shape index (κ2) is 6.59. The number of piperazine rings is 1. The highest BCUT2D eigenvalue weighted by molar-refractivity contribution is 5.47. The molecule has 1 aliphatic heterocycles. The van der Waals surface area contributed by atoms with Crippen molar-refractivity contribution in [1.82, 2.24) is 4.90 Å². The number of phenols is 1. The summed E-state index contributed by atoms with van der Waals surface area (Å²) < 4.78 is 13.0. The summed E-state index contributed by atoms with van der Waals surface area (Å²) in [6, 6.07) is 10.6. The van der Waals surface area contributed by atoms with Crippen LogP contribution in [0.15, 0.2) is 36.4 Å². The van der Waals surface area contributed by atoms with Gasteiger partial charge in [-0.15, -0.1) is 0 Å². The minimum absolute atomic E-state index is 0.197. The molecule has 0 bridgehead atoms. The van der Waals surface area contributed by atoms with Gasteiger partial charge in [-0.1, -0.05) is 6.07 Å². The number of benzene rings is 2. The van der Waals surface area contributed by atoms with Crippen LogP contribution in [0.5, 0.6) is 5.75 Å². The zero-order chi connectivity index (χ0) is 16.4. The largest absolute Gasteiger partial charge is 0.508 e. The fraction of sp³-hybridized carbons (Fsp3) is 0.368. The zero-order valence-electron chi connectivity index (χ0n) is 13.7. The molecule has 0 aliphatic carbocycles. The van der Waals surface area contributed by atoms with Gasteiger partial charge in [-0.05, 0) is 55.3 Å². The molecule has 1 N–H and O–H groups in total. The summed E-state index contributed by atoms with van der Waals surface area (Å²) in [6.45, 7) is 8.55. The Morgan fingerprint density at radius 2 is 1.57 bits per heavy atom. The summed E-state index contributed by atoms with van der Waals surface area (Å²) in [7, 11) is 0. The lowest BCUT2D eigenvalue weighted by atomic mass is 10.0. The highest BCUT2D eigenvalue weighted by Gasteiger charge is 2.18. The summed E-state index contributed by atoms with van der Waals surface area (Å²) in [5, 5.41) is 10.1. The van der Waals surface area contributed by atoms with E-state index in [0.717, 1.165) is 49.5 Å². The van der Waals surface area contributed by atoms with Gasteiger partial charge in [0.25, 0.3) is 0 Å². The normalized spacial score (nSPS) is 15.9. The molecular formula is C19H23FN2O. The van der Waals surface area contributed by atoms with Crippen LogP contribution in [0.3, 0.4) is 0 Å². The molecule has 3 rings (SSSR count). The molecule has 1 heterocycles. The summed E-state index contributed by atoms with van der Waals surface area (Å²) >= 11 is 0. The number of phenolic OH excluding ortho intramolecular Hbond substituents is 1. The van der Waals surface area contributed by atoms with E-state index < -0.39 is 0 Å². The van der Waals surface area contributed by atoms with Crippen LogP contribution in [0.2, 0.25) is 0 Å². The van der Waals surface area contributed by atoms with Gasteiger partial charge in [-0.3, -0.25) is 4.90 Å². The molecule has 2 aromatic rings. The number of aromatic hydroxyl groups is 1. The lowest BCUT2D eigenvalue weighted by Gasteiger charge is -2.36. The average Bonchev–Trinajstić information content (AvgIpc) is 2.54. The molecule has 2 aromatic carbocycles. The van der Waals surface area contributed by atoms with E-state index >= 15 is 0 Å². The molecule has 0 amide bonds. The van der Waals surface area contributed by atoms with Crippen molar-refractivity contribution in [3.05, 3.63) is 58.9 Å². The van der Waals surface area contributed by atoms with Crippen LogP contribution in [0.4, 0.5) is 10.1 Å². The number of anilines is 1. The minimum atomic E-state index is -0.197. The third kappa shape index (κ3) is 3.64. The van der Waals surface area contributed by atoms with E-state index in [-0.39, 0.29) is 5.82 Å². The van der Waals surface area contributed by atoms with Crippen LogP contribution < -0.4 is 4.90 Å². The number of rotatable bonds is 3. The third-order valence-corrected chi connectivity index (χ3v) is 4.65. The Bertz CT molecular complexity index is 677. The maximum atomic E-state index is 13.0. The number of halogens is 1. The van der Waals surface area contributed by atoms with Gasteiger partial charge in [0.2, 0.25) is 0 Å². The first-order valence-electron chi connectivity index (χ1n) is 8.05. The Balaban J connectivity index is 1.61. The van der Waals surface area contributed by atoms with E-state index in [9.17, 15) is 9.50 Å². The fourth-order valence-electron chi connectivity index (χ4n) is 3.04. The molecule has 1 aliphatic rings. The zero-order valence-corrected chi connectivity index (χ0v) is 13.7. The summed E-state index contributed by atoms with van der Waals surface area (Å²) in [5.41, 5.74) is 4.39. The van der Waals surface area contributed by atoms with Gasteiger partial charge in [-0.25, -0.2) is 4.39 Å². The van der Waals surface area contributed by atoms with Crippen molar-refractivity contribution in [2.75, 3.05) is 31.1 Å². The smallest absolute Gasteiger partial charge is 0.123 e. The molecule has 3 nitrogen and oxygen atoms in total. The van der Waals surface area contributed by atoms with Crippen LogP contribution in [-0.4, -0.2) is 36.2 Å². The first-order chi connectivity index (χ1) is 11.0. The lowest BCUT2D eigenvalue weighted by molar-refractivity contribution is 0.246. The average molecular weight is 314 g/mol. The van der Waals surface area contributed by atoms with Gasteiger partial charge in [0.1, 0.15) is 11.6 Å². The summed E-state index contributed by atoms with van der Waals surface area (Å²) in [4.78, 5) is 4.63. The number of aryl methyl sites for hydroxylation is 2. The van der Waals surface area contributed by atoms with Crippen molar-refractivity contribution in [1.29, 1.82) is 0 Å². The summed E-state index contributed by atoms with van der Waals surface area (Å²) in [6.07, 6.45) is 0. The van der Waals surface area contributed by atoms with Gasteiger partial charge in [0.15, 0.2) is 0 Å². The highest BCUT2D eigenvalue weighted by atomic mass is 19.1. The van der Waals surface area contributed by atoms with Crippen molar-refractivity contribution in [3.8, 4) is 5.75 Å². The molecule has 0 saturated carbocycles. The van der Waals surface area contributed by atoms with Crippen LogP contribution in [0.25, 0.3) is 0 Å². The molecule has 0 unspecified atom stereocenters. The van der Waals surface area contributed by atoms with E-state index in [2.05, 4.69) is 22.8 Å². The first-order valence-corrected chi connectivity index (χ1v) is 8.05. The van der Waals surface area contributed by atoms with Crippen molar-refractivity contribution >= 4 is 5.69 Å². The molecule has 23 heavy (non-hydrogen) atoms. The first kappa shape index (κ1) is 15.8. The van der Waals surface area contributed by atoms with Crippen LogP contribution in [-0.2, 0) is 6.54 Å². The Morgan fingerprint density at radius 3 is 2.22 bits per heavy atom. The predicted molar refractivity (Wildman–Crippen MR) is 91.5 cm³/mol. The maximum Gasteiger partial charge on any atom is 0.123 e. The van der Waals surface area contributed by atoms with Crippen LogP contribution >= 0.6 is 0 Å². The van der Waals surface area contributed by atoms with Gasteiger partial charge >= 0.3 is 0 Å². The van der Waals surface area contributed by atoms with Crippen molar-refractivity contribution in [3.63, 3.8) is 0 Å². The van der Waals surface area contributed by atoms with E-state index in [0.29, 0.717) is 5.75 Å². The minimum Gasteiger partial charge on any atom is -0.508 e. The predicted octanol–water partition coefficient (Wildman–Crippen LogP) is 3.47. The molecular weight excluding hydrogens is 291 g/mol. The Morgan fingerprint density at radius 1 is 0.957 bits per heavy atom. The molecule has 0 radical (unpaired) electrons. The standard InChI is InChI=1S/C19H23FN2O/c1-14-11-16(19(23)12-15(14)2)13-21-7-9-22(10-8-21)18-5-3-17(20)4-6-18/h3-6,11-12,23H,7-10,13H2,1-2H3. The Labute approximate surface area is 137 Å². The molecule has 1 saturated heterocycles. The van der Waals surface area contributed by atoms with Gasteiger partial charge < -0.3 is 10.0 Å². The molecule has 4 heteroatoms. The van der Waals surface area contributed by atoms with Crippen molar-refractivity contribution in [2.45, 2.75) is 20.4 Å². The topological polar surface area (TPSA) is 26.7 Å². The quantitative estimate of drug-likeness (QED) is 0.940. The monoisotopic (exact) mass is 314 g/mol. The van der Waals surface area contributed by atoms with Gasteiger partial charge in [0, 0.05) is 44.0 Å². The lowest BCUT2D eigenvalue weighted by Crippen LogP contribution is -2.46. The Hall–Kier alpha value is -2.07. The molecule has 1 fully saturated rings. The van der Waals surface area contributed by atoms with E-state index in [1.54, 1.807) is 0 Å². The van der Waals surface area contributed by atoms with Gasteiger partial charge in [-0.2, -0.15) is 0 Å². The number of nitrogens with zero attached hydrogens (tertiary/aromatic N) is 2. The van der Waals surface area contributed by atoms with Crippen molar-refractivity contribution < 1.29 is 9.50 Å². The van der Waals surface area contributed by atoms with Crippen LogP contribution in [0.1, 0.15) is 16.7 Å². The van der Waals surface area contributed by atoms with E-state index in [1.165, 1.54) is 17.7 Å². The SMILES string of the molecule is Cc1cc(O)c(CN2CCN(c3ccc(F)cc3)CC2)cc1C. The van der Waals surface area contributed by atoms with Crippen LogP contribution in [0, 0.1) is 19.7 Å². The highest BCUT2D eigenvalue weighted by Crippen LogP contribution is 2.24. The summed E-state index contributed by atoms with van der Waals surface area (Å²) in [5.74, 6) is 0.187. The molecule has 0 aromatic heterocycles. The molecule has 0 atom stereocenters. The van der Waals surface area contributed by atoms with Gasteiger partial charge in [0.05, 0.1) is 0 Å². The van der Waals surface area contributed by atoms with E-state index in [4.69, 9.17) is 0 Å². The number of hydrogen-bond donors (Lipinski definition) is 1. The van der Waals surface area contributed by atoms with Crippen molar-refractivity contribution in [2.24, 2.45) is 0 Å². The second-order valence-corrected chi connectivity index (χ2v) is 6.30. The Kier molecular flexibility index (Phi) is 4.53. The maximum absolute atomic E-state index is 13.0.